The molecule has 4 heterocycles. The van der Waals surface area contributed by atoms with Gasteiger partial charge in [-0.1, -0.05) is 24.3 Å². The molecule has 5 atom stereocenters. The Kier molecular flexibility index (Phi) is 5.72. The molecule has 0 N–H and O–H groups in total. The van der Waals surface area contributed by atoms with Gasteiger partial charge in [-0.2, -0.15) is 0 Å². The first-order valence-corrected chi connectivity index (χ1v) is 14.8. The highest BCUT2D eigenvalue weighted by Gasteiger charge is 2.65. The third-order valence-corrected chi connectivity index (χ3v) is 10.4. The van der Waals surface area contributed by atoms with Crippen molar-refractivity contribution in [1.82, 2.24) is 0 Å². The Balaban J connectivity index is 0.904. The number of carbonyl (C=O) groups excluding carboxylic acids is 2. The maximum Gasteiger partial charge on any atom is 0.344 e. The molecule has 3 aliphatic rings. The average molecular weight is 566 g/mol. The van der Waals surface area contributed by atoms with E-state index in [1.54, 1.807) is 24.3 Å². The highest BCUT2D eigenvalue weighted by molar-refractivity contribution is 7.50. The number of hydrogen-bond donors (Lipinski definition) is 0. The van der Waals surface area contributed by atoms with E-state index in [0.29, 0.717) is 17.9 Å². The lowest BCUT2D eigenvalue weighted by Gasteiger charge is -2.22. The van der Waals surface area contributed by atoms with Crippen LogP contribution in [0.3, 0.4) is 0 Å². The molecule has 204 valence electrons. The molecule has 8 heteroatoms. The van der Waals surface area contributed by atoms with Crippen LogP contribution in [-0.2, 0) is 23.8 Å². The third kappa shape index (κ3) is 4.13. The number of esters is 2. The molecular weight excluding hydrogens is 540 g/mol. The second-order valence-electron chi connectivity index (χ2n) is 10.5. The Morgan fingerprint density at radius 2 is 1.39 bits per heavy atom. The monoisotopic (exact) mass is 565 g/mol. The molecule has 5 unspecified atom stereocenters. The van der Waals surface area contributed by atoms with Gasteiger partial charge in [-0.3, -0.25) is 4.79 Å². The molecule has 0 radical (unpaired) electrons. The minimum absolute atomic E-state index is 0.148. The van der Waals surface area contributed by atoms with Crippen LogP contribution in [0.25, 0.3) is 25.1 Å². The van der Waals surface area contributed by atoms with Gasteiger partial charge in [-0.15, -0.1) is 0 Å². The molecule has 0 amide bonds. The lowest BCUT2D eigenvalue weighted by Crippen LogP contribution is -2.40. The molecule has 7 nitrogen and oxygen atoms in total. The smallest absolute Gasteiger partial charge is 0.344 e. The first-order valence-electron chi connectivity index (χ1n) is 13.6. The quantitative estimate of drug-likeness (QED) is 0.164. The molecular formula is C33H25O7S+. The van der Waals surface area contributed by atoms with Gasteiger partial charge >= 0.3 is 11.9 Å². The molecule has 0 spiro atoms. The highest BCUT2D eigenvalue weighted by atomic mass is 32.2. The van der Waals surface area contributed by atoms with Crippen molar-refractivity contribution < 1.29 is 33.3 Å². The predicted octanol–water partition coefficient (Wildman–Crippen LogP) is 6.53. The van der Waals surface area contributed by atoms with Crippen LogP contribution >= 0.6 is 10.5 Å². The summed E-state index contributed by atoms with van der Waals surface area (Å²) in [5.74, 6) is 0.890. The summed E-state index contributed by atoms with van der Waals surface area (Å²) >= 11 is 0. The summed E-state index contributed by atoms with van der Waals surface area (Å²) in [4.78, 5) is 25.5. The molecule has 4 aromatic carbocycles. The van der Waals surface area contributed by atoms with Gasteiger partial charge in [0.15, 0.2) is 33.1 Å². The minimum Gasteiger partial charge on any atom is -0.482 e. The van der Waals surface area contributed by atoms with Crippen molar-refractivity contribution in [3.8, 4) is 22.1 Å². The van der Waals surface area contributed by atoms with Gasteiger partial charge in [0, 0.05) is 33.4 Å². The first kappa shape index (κ1) is 24.4. The zero-order valence-corrected chi connectivity index (χ0v) is 22.6. The van der Waals surface area contributed by atoms with Gasteiger partial charge in [0.05, 0.1) is 12.0 Å². The van der Waals surface area contributed by atoms with Gasteiger partial charge in [-0.25, -0.2) is 4.79 Å². The number of carbonyl (C=O) groups is 2. The van der Waals surface area contributed by atoms with Crippen molar-refractivity contribution in [3.05, 3.63) is 97.1 Å². The van der Waals surface area contributed by atoms with Crippen molar-refractivity contribution in [2.75, 3.05) is 6.61 Å². The first-order chi connectivity index (χ1) is 20.1. The van der Waals surface area contributed by atoms with Crippen LogP contribution in [0.1, 0.15) is 6.42 Å². The normalized spacial score (nSPS) is 24.1. The van der Waals surface area contributed by atoms with E-state index in [0.717, 1.165) is 5.75 Å². The Bertz CT molecular complexity index is 1740. The number of hydrogen-bond acceptors (Lipinski definition) is 7. The van der Waals surface area contributed by atoms with Crippen LogP contribution in [0.5, 0.6) is 17.2 Å². The van der Waals surface area contributed by atoms with Crippen molar-refractivity contribution in [1.29, 1.82) is 0 Å². The fraction of sp³-hybridized carbons (Fsp3) is 0.212. The van der Waals surface area contributed by atoms with E-state index in [-0.39, 0.29) is 41.2 Å². The number of rotatable bonds is 7. The second kappa shape index (κ2) is 9.61. The van der Waals surface area contributed by atoms with Crippen molar-refractivity contribution in [2.45, 2.75) is 30.8 Å². The van der Waals surface area contributed by atoms with E-state index < -0.39 is 18.2 Å². The fourth-order valence-electron chi connectivity index (χ4n) is 6.20. The number of fused-ring (bicyclic) bond motifs is 4. The van der Waals surface area contributed by atoms with Crippen LogP contribution in [0.4, 0.5) is 0 Å². The molecule has 8 rings (SSSR count). The van der Waals surface area contributed by atoms with Crippen molar-refractivity contribution >= 4 is 42.6 Å². The Labute approximate surface area is 238 Å². The van der Waals surface area contributed by atoms with E-state index in [4.69, 9.17) is 23.7 Å². The molecule has 3 aliphatic heterocycles. The Morgan fingerprint density at radius 3 is 2.07 bits per heavy atom. The maximum absolute atomic E-state index is 12.4. The summed E-state index contributed by atoms with van der Waals surface area (Å²) in [5, 5.41) is 2.61. The summed E-state index contributed by atoms with van der Waals surface area (Å²) < 4.78 is 31.0. The molecule has 1 aromatic heterocycles. The lowest BCUT2D eigenvalue weighted by molar-refractivity contribution is -0.162. The molecule has 0 aliphatic carbocycles. The SMILES string of the molecule is O=C(COc1ccc(Oc2ccc(-[s+]3c4ccccc4c4ccccc43)cc2)cc1)OC1C2CC3C(=O)OC1C3O2. The molecule has 0 saturated carbocycles. The average Bonchev–Trinajstić information content (AvgIpc) is 3.72. The largest absolute Gasteiger partial charge is 0.482 e. The lowest BCUT2D eigenvalue weighted by atomic mass is 9.88. The van der Waals surface area contributed by atoms with Crippen molar-refractivity contribution in [2.24, 2.45) is 5.92 Å². The molecule has 41 heavy (non-hydrogen) atoms. The molecule has 3 saturated heterocycles. The minimum atomic E-state index is -0.570. The number of ether oxygens (including phenoxy) is 5. The van der Waals surface area contributed by atoms with Crippen LogP contribution in [0.15, 0.2) is 97.1 Å². The summed E-state index contributed by atoms with van der Waals surface area (Å²) in [6, 6.07) is 32.6. The fourth-order valence-corrected chi connectivity index (χ4v) is 8.58. The molecule has 2 bridgehead atoms. The van der Waals surface area contributed by atoms with Gasteiger partial charge in [0.1, 0.15) is 23.4 Å². The van der Waals surface area contributed by atoms with E-state index in [1.807, 2.05) is 12.1 Å². The number of thiophene rings is 1. The zero-order chi connectivity index (χ0) is 27.5. The summed E-state index contributed by atoms with van der Waals surface area (Å²) in [6.45, 7) is -0.256. The Morgan fingerprint density at radius 1 is 0.780 bits per heavy atom. The van der Waals surface area contributed by atoms with Crippen molar-refractivity contribution in [3.63, 3.8) is 0 Å². The van der Waals surface area contributed by atoms with E-state index in [1.165, 1.54) is 25.1 Å². The second-order valence-corrected chi connectivity index (χ2v) is 12.4. The van der Waals surface area contributed by atoms with E-state index in [2.05, 4.69) is 60.7 Å². The van der Waals surface area contributed by atoms with E-state index >= 15 is 0 Å². The molecule has 3 fully saturated rings. The van der Waals surface area contributed by atoms with Crippen LogP contribution < -0.4 is 9.47 Å². The topological polar surface area (TPSA) is 80.3 Å². The third-order valence-electron chi connectivity index (χ3n) is 8.03. The maximum atomic E-state index is 12.4. The van der Waals surface area contributed by atoms with Gasteiger partial charge in [-0.05, 0) is 67.1 Å². The van der Waals surface area contributed by atoms with Crippen LogP contribution in [-0.4, -0.2) is 43.0 Å². The zero-order valence-electron chi connectivity index (χ0n) is 21.8. The van der Waals surface area contributed by atoms with Gasteiger partial charge < -0.3 is 23.7 Å². The van der Waals surface area contributed by atoms with Gasteiger partial charge in [0.2, 0.25) is 0 Å². The predicted molar refractivity (Wildman–Crippen MR) is 154 cm³/mol. The number of benzene rings is 4. The summed E-state index contributed by atoms with van der Waals surface area (Å²) in [7, 11) is -0.148. The summed E-state index contributed by atoms with van der Waals surface area (Å²) in [6.07, 6.45) is -1.13. The highest BCUT2D eigenvalue weighted by Crippen LogP contribution is 2.49. The molecule has 5 aromatic rings. The summed E-state index contributed by atoms with van der Waals surface area (Å²) in [5.41, 5.74) is 0. The van der Waals surface area contributed by atoms with E-state index in [9.17, 15) is 9.59 Å². The van der Waals surface area contributed by atoms with Crippen LogP contribution in [0, 0.1) is 5.92 Å². The Hall–Kier alpha value is -4.40. The van der Waals surface area contributed by atoms with Crippen LogP contribution in [0.2, 0.25) is 0 Å². The van der Waals surface area contributed by atoms with Gasteiger partial charge in [0.25, 0.3) is 0 Å². The standard InChI is InChI=1S/C33H25O7S/c34-29(39-31-26-17-25-30(38-26)32(31)40-33(25)35)18-36-19-9-11-20(12-10-19)37-21-13-15-22(16-14-21)41-27-7-3-1-5-23(27)24-6-2-4-8-28(24)41/h1-16,25-26,30-32H,17-18H2/q+1.